The number of carbonyl (C=O) groups is 1. The third-order valence-electron chi connectivity index (χ3n) is 6.74. The van der Waals surface area contributed by atoms with Gasteiger partial charge in [-0.2, -0.15) is 0 Å². The first kappa shape index (κ1) is 27.5. The number of ether oxygens (including phenoxy) is 2. The highest BCUT2D eigenvalue weighted by Gasteiger charge is 2.32. The van der Waals surface area contributed by atoms with E-state index in [-0.39, 0.29) is 42.1 Å². The number of phenolic OH excluding ortho intramolecular Hbond substituents is 1. The molecule has 0 atom stereocenters. The Labute approximate surface area is 233 Å². The monoisotopic (exact) mass is 553 g/mol. The molecule has 0 unspecified atom stereocenters. The molecule has 0 radical (unpaired) electrons. The number of hydrogen-bond donors (Lipinski definition) is 3. The van der Waals surface area contributed by atoms with Crippen LogP contribution < -0.4 is 14.8 Å². The molecule has 1 fully saturated rings. The zero-order valence-corrected chi connectivity index (χ0v) is 22.2. The fraction of sp³-hybridized carbons (Fsp3) is 0.207. The van der Waals surface area contributed by atoms with Crippen LogP contribution >= 0.6 is 24.8 Å². The first-order valence-electron chi connectivity index (χ1n) is 12.2. The number of nitrogens with one attached hydrogen (secondary N) is 2. The van der Waals surface area contributed by atoms with Gasteiger partial charge in [0.15, 0.2) is 5.76 Å². The summed E-state index contributed by atoms with van der Waals surface area (Å²) in [6.45, 7) is 4.56. The average Bonchev–Trinajstić information content (AvgIpc) is 3.47. The first-order chi connectivity index (χ1) is 17.7. The zero-order chi connectivity index (χ0) is 24.5. The number of Topliss-reactive ketones (excluding diaryl/α,β-unsaturated/α-hetero) is 1. The summed E-state index contributed by atoms with van der Waals surface area (Å²) >= 11 is 0. The van der Waals surface area contributed by atoms with Crippen LogP contribution in [-0.4, -0.2) is 47.0 Å². The van der Waals surface area contributed by atoms with Gasteiger partial charge in [0, 0.05) is 49.9 Å². The highest BCUT2D eigenvalue weighted by Crippen LogP contribution is 2.40. The summed E-state index contributed by atoms with van der Waals surface area (Å²) in [4.78, 5) is 18.7. The zero-order valence-electron chi connectivity index (χ0n) is 20.6. The number of fused-ring (bicyclic) bond motifs is 2. The second kappa shape index (κ2) is 11.9. The Morgan fingerprint density at radius 2 is 1.79 bits per heavy atom. The van der Waals surface area contributed by atoms with Gasteiger partial charge in [-0.05, 0) is 29.8 Å². The Morgan fingerprint density at radius 3 is 2.58 bits per heavy atom. The van der Waals surface area contributed by atoms with Crippen molar-refractivity contribution in [2.24, 2.45) is 0 Å². The van der Waals surface area contributed by atoms with E-state index in [2.05, 4.69) is 15.2 Å². The van der Waals surface area contributed by atoms with Gasteiger partial charge in [0.05, 0.1) is 16.6 Å². The summed E-state index contributed by atoms with van der Waals surface area (Å²) in [5.74, 6) is 1.40. The molecule has 0 amide bonds. The van der Waals surface area contributed by atoms with Gasteiger partial charge in [-0.1, -0.05) is 42.5 Å². The quantitative estimate of drug-likeness (QED) is 0.280. The third kappa shape index (κ3) is 5.37. The van der Waals surface area contributed by atoms with Crippen LogP contribution in [0.4, 0.5) is 0 Å². The topological polar surface area (TPSA) is 86.8 Å². The van der Waals surface area contributed by atoms with E-state index in [0.29, 0.717) is 30.0 Å². The molecule has 38 heavy (non-hydrogen) atoms. The van der Waals surface area contributed by atoms with Crippen LogP contribution in [0.15, 0.2) is 72.6 Å². The Bertz CT molecular complexity index is 1460. The molecule has 3 N–H and O–H groups in total. The maximum absolute atomic E-state index is 13.2. The van der Waals surface area contributed by atoms with Crippen LogP contribution in [0.25, 0.3) is 17.0 Å². The van der Waals surface area contributed by atoms with E-state index in [9.17, 15) is 9.90 Å². The van der Waals surface area contributed by atoms with E-state index in [0.717, 1.165) is 54.0 Å². The van der Waals surface area contributed by atoms with Crippen LogP contribution in [-0.2, 0) is 13.2 Å². The lowest BCUT2D eigenvalue weighted by Crippen LogP contribution is -2.42. The maximum atomic E-state index is 13.2. The van der Waals surface area contributed by atoms with Crippen LogP contribution in [0.5, 0.6) is 17.2 Å². The maximum Gasteiger partial charge on any atom is 0.231 e. The molecule has 0 aliphatic carbocycles. The van der Waals surface area contributed by atoms with E-state index in [4.69, 9.17) is 9.47 Å². The fourth-order valence-corrected chi connectivity index (χ4v) is 4.81. The number of benzene rings is 3. The van der Waals surface area contributed by atoms with E-state index >= 15 is 0 Å². The molecule has 7 nitrogen and oxygen atoms in total. The van der Waals surface area contributed by atoms with Crippen molar-refractivity contribution in [1.82, 2.24) is 15.2 Å². The number of carbonyl (C=O) groups excluding carboxylic acids is 1. The summed E-state index contributed by atoms with van der Waals surface area (Å²) in [5.41, 5.74) is 3.92. The lowest BCUT2D eigenvalue weighted by Gasteiger charge is -2.27. The Hall–Kier alpha value is -3.49. The molecule has 1 saturated heterocycles. The normalized spacial score (nSPS) is 16.0. The number of aromatic amines is 1. The largest absolute Gasteiger partial charge is 0.507 e. The number of rotatable bonds is 6. The van der Waals surface area contributed by atoms with Crippen molar-refractivity contribution in [3.63, 3.8) is 0 Å². The van der Waals surface area contributed by atoms with Gasteiger partial charge in [-0.3, -0.25) is 9.69 Å². The number of H-pyrrole nitrogens is 1. The van der Waals surface area contributed by atoms with Crippen molar-refractivity contribution >= 4 is 47.6 Å². The number of allylic oxidation sites excluding steroid dienone is 1. The number of aromatic hydroxyl groups is 1. The Morgan fingerprint density at radius 1 is 1.00 bits per heavy atom. The van der Waals surface area contributed by atoms with Crippen molar-refractivity contribution in [1.29, 1.82) is 0 Å². The van der Waals surface area contributed by atoms with E-state index in [1.54, 1.807) is 18.2 Å². The molecular formula is C29H29Cl2N3O4. The van der Waals surface area contributed by atoms with Gasteiger partial charge in [0.1, 0.15) is 23.9 Å². The summed E-state index contributed by atoms with van der Waals surface area (Å²) in [5, 5.41) is 14.8. The minimum Gasteiger partial charge on any atom is -0.507 e. The number of phenols is 1. The van der Waals surface area contributed by atoms with Crippen LogP contribution in [0.2, 0.25) is 0 Å². The molecule has 9 heteroatoms. The van der Waals surface area contributed by atoms with Gasteiger partial charge in [0.25, 0.3) is 0 Å². The number of piperazine rings is 1. The molecule has 4 aromatic rings. The summed E-state index contributed by atoms with van der Waals surface area (Å²) < 4.78 is 12.2. The number of para-hydroxylation sites is 1. The minimum atomic E-state index is -0.183. The Balaban J connectivity index is 0.00000168. The fourth-order valence-electron chi connectivity index (χ4n) is 4.81. The second-order valence-electron chi connectivity index (χ2n) is 9.10. The molecule has 1 aromatic heterocycles. The number of nitrogens with zero attached hydrogens (tertiary/aromatic N) is 1. The predicted octanol–water partition coefficient (Wildman–Crippen LogP) is 5.32. The molecule has 0 saturated carbocycles. The van der Waals surface area contributed by atoms with Gasteiger partial charge in [-0.25, -0.2) is 0 Å². The SMILES string of the molecule is Cl.Cl.O=C1/C(=C/c2c[nH]c3c(OCc4ccccc4)cccc23)Oc2c1ccc(O)c2CN1CCNCC1. The first-order valence-corrected chi connectivity index (χ1v) is 12.2. The molecule has 2 aliphatic rings. The van der Waals surface area contributed by atoms with Crippen molar-refractivity contribution in [3.8, 4) is 17.2 Å². The number of aromatic nitrogens is 1. The minimum absolute atomic E-state index is 0. The number of hydrogen-bond acceptors (Lipinski definition) is 6. The molecule has 0 bridgehead atoms. The number of halogens is 2. The Kier molecular flexibility index (Phi) is 8.64. The highest BCUT2D eigenvalue weighted by atomic mass is 35.5. The molecule has 6 rings (SSSR count). The van der Waals surface area contributed by atoms with Crippen LogP contribution in [0.3, 0.4) is 0 Å². The van der Waals surface area contributed by atoms with E-state index in [1.165, 1.54) is 0 Å². The summed E-state index contributed by atoms with van der Waals surface area (Å²) in [7, 11) is 0. The lowest BCUT2D eigenvalue weighted by atomic mass is 10.0. The molecule has 3 heterocycles. The smallest absolute Gasteiger partial charge is 0.231 e. The number of ketones is 1. The van der Waals surface area contributed by atoms with Crippen molar-refractivity contribution < 1.29 is 19.4 Å². The summed E-state index contributed by atoms with van der Waals surface area (Å²) in [6.07, 6.45) is 3.61. The van der Waals surface area contributed by atoms with Crippen LogP contribution in [0, 0.1) is 0 Å². The van der Waals surface area contributed by atoms with Crippen molar-refractivity contribution in [2.75, 3.05) is 26.2 Å². The molecule has 2 aliphatic heterocycles. The van der Waals surface area contributed by atoms with Crippen molar-refractivity contribution in [2.45, 2.75) is 13.2 Å². The van der Waals surface area contributed by atoms with Gasteiger partial charge >= 0.3 is 0 Å². The van der Waals surface area contributed by atoms with E-state index < -0.39 is 0 Å². The van der Waals surface area contributed by atoms with Gasteiger partial charge in [-0.15, -0.1) is 24.8 Å². The molecule has 198 valence electrons. The molecular weight excluding hydrogens is 525 g/mol. The average molecular weight is 554 g/mol. The lowest BCUT2D eigenvalue weighted by molar-refractivity contribution is 0.101. The molecule has 3 aromatic carbocycles. The highest BCUT2D eigenvalue weighted by molar-refractivity contribution is 6.15. The predicted molar refractivity (Wildman–Crippen MR) is 153 cm³/mol. The van der Waals surface area contributed by atoms with Crippen molar-refractivity contribution in [3.05, 3.63) is 94.9 Å². The van der Waals surface area contributed by atoms with E-state index in [1.807, 2.05) is 54.7 Å². The molecule has 0 spiro atoms. The summed E-state index contributed by atoms with van der Waals surface area (Å²) in [6, 6.07) is 19.1. The standard InChI is InChI=1S/C29H27N3O4.2ClH/c33-24-10-9-22-28(34)26(36-29(22)23(24)17-32-13-11-30-12-14-32)15-20-16-31-27-21(20)7-4-8-25(27)35-18-19-5-2-1-3-6-19;;/h1-10,15-16,30-31,33H,11-14,17-18H2;2*1H/b26-15-;;. The van der Waals surface area contributed by atoms with Gasteiger partial charge < -0.3 is 24.9 Å². The third-order valence-corrected chi connectivity index (χ3v) is 6.74. The van der Waals surface area contributed by atoms with Gasteiger partial charge in [0.2, 0.25) is 5.78 Å². The van der Waals surface area contributed by atoms with Crippen LogP contribution in [0.1, 0.15) is 27.0 Å². The second-order valence-corrected chi connectivity index (χ2v) is 9.10.